The molecule has 0 bridgehead atoms. The van der Waals surface area contributed by atoms with Crippen LogP contribution in [0.15, 0.2) is 84.8 Å². The zero-order valence-corrected chi connectivity index (χ0v) is 47.6. The first-order valence-electron chi connectivity index (χ1n) is 27.9. The number of hydrogen-bond donors (Lipinski definition) is 5. The van der Waals surface area contributed by atoms with Crippen LogP contribution in [-0.2, 0) is 34.1 Å². The van der Waals surface area contributed by atoms with Gasteiger partial charge >= 0.3 is 0 Å². The normalized spacial score (nSPS) is 16.6. The van der Waals surface area contributed by atoms with Gasteiger partial charge in [-0.05, 0) is 92.9 Å². The lowest BCUT2D eigenvalue weighted by Crippen LogP contribution is -2.53. The van der Waals surface area contributed by atoms with Crippen LogP contribution in [0, 0.1) is 18.2 Å². The highest BCUT2D eigenvalue weighted by molar-refractivity contribution is 7.13. The molecule has 17 nitrogen and oxygen atoms in total. The molecule has 8 rings (SSSR count). The molecule has 3 aromatic heterocycles. The topological polar surface area (TPSA) is 205 Å². The summed E-state index contributed by atoms with van der Waals surface area (Å²) in [6, 6.07) is 15.3. The van der Waals surface area contributed by atoms with Gasteiger partial charge in [-0.25, -0.2) is 19.3 Å². The van der Waals surface area contributed by atoms with Crippen molar-refractivity contribution >= 4 is 68.8 Å². The number of amides is 3. The highest BCUT2D eigenvalue weighted by Gasteiger charge is 2.39. The van der Waals surface area contributed by atoms with E-state index in [2.05, 4.69) is 84.3 Å². The Labute approximate surface area is 472 Å². The lowest BCUT2D eigenvalue weighted by atomic mass is 9.86. The van der Waals surface area contributed by atoms with Crippen LogP contribution >= 0.6 is 22.9 Å². The summed E-state index contributed by atoms with van der Waals surface area (Å²) in [6.07, 6.45) is 18.7. The van der Waals surface area contributed by atoms with E-state index in [4.69, 9.17) is 16.3 Å². The fraction of sp³-hybridized carbons (Fsp3) is 0.492. The number of likely N-dealkylation sites (tertiary alicyclic amines) is 2. The van der Waals surface area contributed by atoms with Gasteiger partial charge in [-0.1, -0.05) is 113 Å². The Morgan fingerprint density at radius 3 is 2.44 bits per heavy atom. The molecule has 5 N–H and O–H groups in total. The first kappa shape index (κ1) is 58.8. The van der Waals surface area contributed by atoms with Gasteiger partial charge in [-0.15, -0.1) is 16.4 Å². The number of aryl methyl sites for hydroxylation is 2. The van der Waals surface area contributed by atoms with Gasteiger partial charge in [0.25, 0.3) is 0 Å². The van der Waals surface area contributed by atoms with Gasteiger partial charge in [0.2, 0.25) is 17.7 Å². The van der Waals surface area contributed by atoms with Crippen molar-refractivity contribution < 1.29 is 28.6 Å². The molecule has 0 aliphatic carbocycles. The van der Waals surface area contributed by atoms with Crippen LogP contribution in [0.2, 0.25) is 5.02 Å². The number of rotatable bonds is 27. The minimum atomic E-state index is -0.609. The van der Waals surface area contributed by atoms with E-state index in [1.807, 2.05) is 46.4 Å². The first-order chi connectivity index (χ1) is 38.1. The van der Waals surface area contributed by atoms with Crippen molar-refractivity contribution in [2.24, 2.45) is 5.41 Å². The number of carbonyl (C=O) groups excluding carboxylic acids is 3. The van der Waals surface area contributed by atoms with E-state index in [0.29, 0.717) is 78.6 Å². The summed E-state index contributed by atoms with van der Waals surface area (Å²) in [5, 5.41) is 32.5. The number of nitrogens with zero attached hydrogens (tertiary/aromatic N) is 8. The van der Waals surface area contributed by atoms with E-state index in [1.165, 1.54) is 24.9 Å². The van der Waals surface area contributed by atoms with Gasteiger partial charge in [0.05, 0.1) is 50.7 Å². The lowest BCUT2D eigenvalue weighted by molar-refractivity contribution is -0.126. The molecule has 2 aliphatic rings. The molecule has 20 heteroatoms. The van der Waals surface area contributed by atoms with Gasteiger partial charge in [0, 0.05) is 68.4 Å². The summed E-state index contributed by atoms with van der Waals surface area (Å²) < 4.78 is 22.0. The zero-order chi connectivity index (χ0) is 55.7. The maximum absolute atomic E-state index is 13.9. The average Bonchev–Trinajstić information content (AvgIpc) is 4.25. The largest absolute Gasteiger partial charge is 0.485 e. The van der Waals surface area contributed by atoms with Crippen molar-refractivity contribution in [3.63, 3.8) is 0 Å². The smallest absolute Gasteiger partial charge is 0.248 e. The summed E-state index contributed by atoms with van der Waals surface area (Å²) in [5.41, 5.74) is 6.84. The quantitative estimate of drug-likeness (QED) is 0.0241. The van der Waals surface area contributed by atoms with Gasteiger partial charge in [-0.2, -0.15) is 0 Å². The number of benzene rings is 3. The molecule has 2 aliphatic heterocycles. The Balaban J connectivity index is 0.732. The highest BCUT2D eigenvalue weighted by atomic mass is 35.5. The first-order valence-corrected chi connectivity index (χ1v) is 29.1. The standard InChI is InChI=1S/C59H76ClFN12O5S/c1-40-56(79-39-65-40)42-21-19-41(20-22-42)33-62-58(77)51-30-45(74)35-72(51)36-53(59(2,3)4)68-55(76)17-12-9-7-5-6-8-10-15-28-73-34-44(69-70-73)37-78-52-32-49-46(57(64-38-63-49)66-43-23-24-48(61)47(60)29-43)31-50(52)67-54(75)18-16-27-71-25-13-11-14-26-71/h16,18-24,29,31-32,34,38-39,45,51,53,74H,5-15,17,25-28,30,33,35-37H2,1-4H3,(H,62,77)(H,67,75)(H,68,76)(H,63,64,66)/b18-16+/t45-,51+,53-/m1/s1. The summed E-state index contributed by atoms with van der Waals surface area (Å²) in [4.78, 5) is 58.8. The Hall–Kier alpha value is -6.38. The fourth-order valence-electron chi connectivity index (χ4n) is 10.1. The molecule has 3 atom stereocenters. The SMILES string of the molecule is Cc1ncsc1-c1ccc(CNC(=O)[C@@H]2C[C@@H](O)CN2C[C@@H](NC(=O)CCCCCCCCCCn2cc(COc3cc4ncnc(Nc5ccc(F)c(Cl)c5)c4cc3NC(=O)/C=C/CN3CCCCC3)nn2)C(C)(C)C)cc1. The number of ether oxygens (including phenoxy) is 1. The molecule has 0 radical (unpaired) electrons. The molecule has 422 valence electrons. The number of fused-ring (bicyclic) bond motifs is 1. The van der Waals surface area contributed by atoms with Crippen LogP contribution in [-0.4, -0.2) is 113 Å². The van der Waals surface area contributed by atoms with Gasteiger partial charge < -0.3 is 31.1 Å². The van der Waals surface area contributed by atoms with Crippen LogP contribution in [0.5, 0.6) is 5.75 Å². The van der Waals surface area contributed by atoms with Crippen molar-refractivity contribution in [1.82, 2.24) is 50.4 Å². The summed E-state index contributed by atoms with van der Waals surface area (Å²) in [6.45, 7) is 13.1. The molecule has 2 fully saturated rings. The third kappa shape index (κ3) is 17.6. The molecule has 3 aromatic carbocycles. The Bertz CT molecular complexity index is 3000. The van der Waals surface area contributed by atoms with E-state index in [9.17, 15) is 23.9 Å². The number of thiazole rings is 1. The number of nitrogens with one attached hydrogen (secondary N) is 4. The minimum Gasteiger partial charge on any atom is -0.485 e. The van der Waals surface area contributed by atoms with Crippen LogP contribution in [0.25, 0.3) is 21.3 Å². The van der Waals surface area contributed by atoms with Crippen molar-refractivity contribution in [3.05, 3.63) is 113 Å². The highest BCUT2D eigenvalue weighted by Crippen LogP contribution is 2.35. The van der Waals surface area contributed by atoms with Crippen molar-refractivity contribution in [1.29, 1.82) is 0 Å². The second kappa shape index (κ2) is 28.7. The molecule has 79 heavy (non-hydrogen) atoms. The van der Waals surface area contributed by atoms with E-state index >= 15 is 0 Å². The van der Waals surface area contributed by atoms with E-state index in [-0.39, 0.29) is 40.8 Å². The zero-order valence-electron chi connectivity index (χ0n) is 46.0. The number of anilines is 3. The molecule has 0 unspecified atom stereocenters. The number of hydrogen-bond acceptors (Lipinski definition) is 14. The van der Waals surface area contributed by atoms with Crippen molar-refractivity contribution in [2.75, 3.05) is 43.4 Å². The average molecular weight is 1120 g/mol. The second-order valence-corrected chi connectivity index (χ2v) is 23.2. The Morgan fingerprint density at radius 2 is 1.71 bits per heavy atom. The predicted molar refractivity (Wildman–Crippen MR) is 310 cm³/mol. The van der Waals surface area contributed by atoms with Gasteiger partial charge in [0.15, 0.2) is 0 Å². The molecule has 0 spiro atoms. The van der Waals surface area contributed by atoms with Crippen LogP contribution in [0.3, 0.4) is 0 Å². The van der Waals surface area contributed by atoms with E-state index in [0.717, 1.165) is 106 Å². The predicted octanol–water partition coefficient (Wildman–Crippen LogP) is 10.5. The Morgan fingerprint density at radius 1 is 0.949 bits per heavy atom. The number of piperidine rings is 1. The Kier molecular flexibility index (Phi) is 21.3. The summed E-state index contributed by atoms with van der Waals surface area (Å²) >= 11 is 7.67. The van der Waals surface area contributed by atoms with Crippen molar-refractivity contribution in [2.45, 2.75) is 149 Å². The molecule has 5 heterocycles. The fourth-order valence-corrected chi connectivity index (χ4v) is 11.1. The number of unbranched alkanes of at least 4 members (excludes halogenated alkanes) is 7. The monoisotopic (exact) mass is 1120 g/mol. The molecule has 0 saturated carbocycles. The van der Waals surface area contributed by atoms with Gasteiger partial charge in [-0.3, -0.25) is 28.9 Å². The van der Waals surface area contributed by atoms with E-state index in [1.54, 1.807) is 35.6 Å². The number of β-amino-alcohol motifs (C(OH)–C–C–N with tert-alkyl or cyclic N) is 1. The maximum atomic E-state index is 13.9. The van der Waals surface area contributed by atoms with Gasteiger partial charge in [0.1, 0.15) is 36.0 Å². The number of aromatic nitrogens is 6. The summed E-state index contributed by atoms with van der Waals surface area (Å²) in [5.74, 6) is -0.0927. The second-order valence-electron chi connectivity index (χ2n) is 22.0. The maximum Gasteiger partial charge on any atom is 0.248 e. The summed E-state index contributed by atoms with van der Waals surface area (Å²) in [7, 11) is 0. The molecule has 3 amide bonds. The number of carbonyl (C=O) groups is 3. The van der Waals surface area contributed by atoms with Crippen LogP contribution in [0.1, 0.15) is 121 Å². The van der Waals surface area contributed by atoms with Crippen LogP contribution in [0.4, 0.5) is 21.6 Å². The number of halogens is 2. The molecular formula is C59H76ClFN12O5S. The third-order valence-electron chi connectivity index (χ3n) is 14.7. The number of aliphatic hydroxyl groups excluding tert-OH is 1. The number of aliphatic hydroxyl groups is 1. The third-order valence-corrected chi connectivity index (χ3v) is 15.9. The molecule has 2 saturated heterocycles. The molecular weight excluding hydrogens is 1040 g/mol. The van der Waals surface area contributed by atoms with Crippen LogP contribution < -0.4 is 26.0 Å². The minimum absolute atomic E-state index is 0.0168. The lowest BCUT2D eigenvalue weighted by Gasteiger charge is -2.36. The molecule has 6 aromatic rings. The van der Waals surface area contributed by atoms with E-state index < -0.39 is 18.0 Å². The van der Waals surface area contributed by atoms with Crippen molar-refractivity contribution in [3.8, 4) is 16.2 Å².